The number of furan rings is 1. The quantitative estimate of drug-likeness (QED) is 0.909. The third-order valence-electron chi connectivity index (χ3n) is 2.75. The summed E-state index contributed by atoms with van der Waals surface area (Å²) >= 11 is 3.31. The van der Waals surface area contributed by atoms with Crippen molar-refractivity contribution in [3.8, 4) is 0 Å². The molecule has 4 nitrogen and oxygen atoms in total. The lowest BCUT2D eigenvalue weighted by Crippen LogP contribution is -2.38. The largest absolute Gasteiger partial charge is 0.466 e. The Hall–Kier alpha value is -1.59. The van der Waals surface area contributed by atoms with Crippen molar-refractivity contribution in [1.29, 1.82) is 0 Å². The lowest BCUT2D eigenvalue weighted by molar-refractivity contribution is 0.0330. The molecule has 2 rings (SSSR count). The van der Waals surface area contributed by atoms with Crippen molar-refractivity contribution in [2.75, 3.05) is 6.54 Å². The predicted octanol–water partition coefficient (Wildman–Crippen LogP) is 2.68. The Morgan fingerprint density at radius 1 is 1.37 bits per heavy atom. The molecule has 0 fully saturated rings. The number of benzene rings is 1. The number of carbonyl (C=O) groups excluding carboxylic acids is 1. The zero-order valence-electron chi connectivity index (χ0n) is 10.4. The van der Waals surface area contributed by atoms with Gasteiger partial charge in [-0.15, -0.1) is 0 Å². The van der Waals surface area contributed by atoms with Crippen molar-refractivity contribution < 1.29 is 14.3 Å². The summed E-state index contributed by atoms with van der Waals surface area (Å²) in [6.07, 6.45) is 1.49. The fourth-order valence-corrected chi connectivity index (χ4v) is 1.89. The molecule has 0 aliphatic carbocycles. The highest BCUT2D eigenvalue weighted by atomic mass is 79.9. The van der Waals surface area contributed by atoms with Gasteiger partial charge in [-0.3, -0.25) is 4.79 Å². The summed E-state index contributed by atoms with van der Waals surface area (Å²) in [5.41, 5.74) is -0.687. The molecule has 1 amide bonds. The van der Waals surface area contributed by atoms with Crippen LogP contribution in [0.5, 0.6) is 0 Å². The van der Waals surface area contributed by atoms with E-state index in [0.717, 1.165) is 4.47 Å². The van der Waals surface area contributed by atoms with Crippen LogP contribution in [-0.4, -0.2) is 17.6 Å². The van der Waals surface area contributed by atoms with Gasteiger partial charge in [-0.1, -0.05) is 15.9 Å². The van der Waals surface area contributed by atoms with Gasteiger partial charge >= 0.3 is 0 Å². The number of carbonyl (C=O) groups is 1. The molecule has 1 heterocycles. The molecule has 2 aromatic rings. The number of hydrogen-bond donors (Lipinski definition) is 2. The number of rotatable bonds is 4. The second-order valence-corrected chi connectivity index (χ2v) is 5.36. The molecule has 0 aliphatic rings. The average molecular weight is 324 g/mol. The van der Waals surface area contributed by atoms with E-state index in [2.05, 4.69) is 21.2 Å². The normalized spacial score (nSPS) is 13.8. The minimum Gasteiger partial charge on any atom is -0.466 e. The second-order valence-electron chi connectivity index (χ2n) is 4.44. The first kappa shape index (κ1) is 13.8. The van der Waals surface area contributed by atoms with Gasteiger partial charge in [0.15, 0.2) is 0 Å². The minimum absolute atomic E-state index is 0.0788. The van der Waals surface area contributed by atoms with Crippen molar-refractivity contribution in [1.82, 2.24) is 5.32 Å². The van der Waals surface area contributed by atoms with E-state index in [4.69, 9.17) is 4.42 Å². The van der Waals surface area contributed by atoms with Gasteiger partial charge in [0.1, 0.15) is 11.4 Å². The highest BCUT2D eigenvalue weighted by Gasteiger charge is 2.26. The van der Waals surface area contributed by atoms with Gasteiger partial charge in [0, 0.05) is 10.0 Å². The predicted molar refractivity (Wildman–Crippen MR) is 74.8 cm³/mol. The monoisotopic (exact) mass is 323 g/mol. The summed E-state index contributed by atoms with van der Waals surface area (Å²) in [5, 5.41) is 12.9. The molecule has 100 valence electrons. The summed E-state index contributed by atoms with van der Waals surface area (Å²) in [6, 6.07) is 10.4. The summed E-state index contributed by atoms with van der Waals surface area (Å²) < 4.78 is 6.05. The summed E-state index contributed by atoms with van der Waals surface area (Å²) in [6.45, 7) is 1.67. The zero-order chi connectivity index (χ0) is 13.9. The lowest BCUT2D eigenvalue weighted by atomic mass is 10.0. The topological polar surface area (TPSA) is 62.5 Å². The van der Waals surface area contributed by atoms with Gasteiger partial charge in [-0.05, 0) is 43.3 Å². The fraction of sp³-hybridized carbons (Fsp3) is 0.214. The van der Waals surface area contributed by atoms with Crippen LogP contribution in [0.4, 0.5) is 0 Å². The van der Waals surface area contributed by atoms with Crippen molar-refractivity contribution in [3.63, 3.8) is 0 Å². The van der Waals surface area contributed by atoms with Crippen LogP contribution in [0.25, 0.3) is 0 Å². The molecule has 1 unspecified atom stereocenters. The SMILES string of the molecule is CC(O)(CNC(=O)c1ccc(Br)cc1)c1ccco1. The van der Waals surface area contributed by atoms with E-state index in [1.165, 1.54) is 6.26 Å². The third kappa shape index (κ3) is 3.45. The zero-order valence-corrected chi connectivity index (χ0v) is 12.0. The van der Waals surface area contributed by atoms with E-state index >= 15 is 0 Å². The molecular weight excluding hydrogens is 310 g/mol. The maximum absolute atomic E-state index is 11.9. The maximum Gasteiger partial charge on any atom is 0.251 e. The van der Waals surface area contributed by atoms with Crippen molar-refractivity contribution in [2.45, 2.75) is 12.5 Å². The van der Waals surface area contributed by atoms with Crippen LogP contribution < -0.4 is 5.32 Å². The molecule has 1 atom stereocenters. The van der Waals surface area contributed by atoms with Gasteiger partial charge < -0.3 is 14.8 Å². The Balaban J connectivity index is 1.99. The number of amides is 1. The highest BCUT2D eigenvalue weighted by Crippen LogP contribution is 2.20. The number of halogens is 1. The van der Waals surface area contributed by atoms with Crippen LogP contribution in [0.2, 0.25) is 0 Å². The van der Waals surface area contributed by atoms with Gasteiger partial charge in [0.05, 0.1) is 12.8 Å². The Morgan fingerprint density at radius 3 is 2.63 bits per heavy atom. The summed E-state index contributed by atoms with van der Waals surface area (Å²) in [7, 11) is 0. The molecule has 2 N–H and O–H groups in total. The number of hydrogen-bond acceptors (Lipinski definition) is 3. The molecular formula is C14H14BrNO3. The van der Waals surface area contributed by atoms with Crippen LogP contribution >= 0.6 is 15.9 Å². The van der Waals surface area contributed by atoms with Gasteiger partial charge in [0.2, 0.25) is 0 Å². The van der Waals surface area contributed by atoms with Crippen LogP contribution in [0.1, 0.15) is 23.0 Å². The smallest absolute Gasteiger partial charge is 0.251 e. The van der Waals surface area contributed by atoms with E-state index in [0.29, 0.717) is 11.3 Å². The molecule has 1 aromatic heterocycles. The van der Waals surface area contributed by atoms with Crippen molar-refractivity contribution in [3.05, 3.63) is 58.5 Å². The van der Waals surface area contributed by atoms with E-state index in [1.807, 2.05) is 0 Å². The molecule has 0 saturated carbocycles. The van der Waals surface area contributed by atoms with Gasteiger partial charge in [0.25, 0.3) is 5.91 Å². The Morgan fingerprint density at radius 2 is 2.05 bits per heavy atom. The van der Waals surface area contributed by atoms with E-state index < -0.39 is 5.60 Å². The van der Waals surface area contributed by atoms with Crippen LogP contribution in [0, 0.1) is 0 Å². The second kappa shape index (κ2) is 5.59. The van der Waals surface area contributed by atoms with E-state index in [9.17, 15) is 9.90 Å². The highest BCUT2D eigenvalue weighted by molar-refractivity contribution is 9.10. The Labute approximate surface area is 119 Å². The summed E-state index contributed by atoms with van der Waals surface area (Å²) in [4.78, 5) is 11.9. The summed E-state index contributed by atoms with van der Waals surface area (Å²) in [5.74, 6) is 0.183. The first-order valence-corrected chi connectivity index (χ1v) is 6.58. The molecule has 5 heteroatoms. The van der Waals surface area contributed by atoms with Gasteiger partial charge in [-0.2, -0.15) is 0 Å². The molecule has 1 aromatic carbocycles. The maximum atomic E-state index is 11.9. The van der Waals surface area contributed by atoms with E-state index in [1.54, 1.807) is 43.3 Å². The van der Waals surface area contributed by atoms with Crippen molar-refractivity contribution in [2.24, 2.45) is 0 Å². The lowest BCUT2D eigenvalue weighted by Gasteiger charge is -2.21. The average Bonchev–Trinajstić information content (AvgIpc) is 2.91. The first-order valence-electron chi connectivity index (χ1n) is 5.79. The molecule has 0 saturated heterocycles. The first-order chi connectivity index (χ1) is 8.99. The molecule has 0 radical (unpaired) electrons. The van der Waals surface area contributed by atoms with Crippen LogP contribution in [-0.2, 0) is 5.60 Å². The molecule has 0 bridgehead atoms. The molecule has 0 spiro atoms. The molecule has 0 aliphatic heterocycles. The van der Waals surface area contributed by atoms with Crippen molar-refractivity contribution >= 4 is 21.8 Å². The van der Waals surface area contributed by atoms with E-state index in [-0.39, 0.29) is 12.5 Å². The van der Waals surface area contributed by atoms with Gasteiger partial charge in [-0.25, -0.2) is 0 Å². The Bertz CT molecular complexity index is 547. The third-order valence-corrected chi connectivity index (χ3v) is 3.28. The number of nitrogens with one attached hydrogen (secondary N) is 1. The Kier molecular flexibility index (Phi) is 4.07. The molecule has 19 heavy (non-hydrogen) atoms. The standard InChI is InChI=1S/C14H14BrNO3/c1-14(18,12-3-2-8-19-12)9-16-13(17)10-4-6-11(15)7-5-10/h2-8,18H,9H2,1H3,(H,16,17). The van der Waals surface area contributed by atoms with Crippen LogP contribution in [0.15, 0.2) is 51.6 Å². The number of aliphatic hydroxyl groups is 1. The minimum atomic E-state index is -1.23. The fourth-order valence-electron chi connectivity index (χ4n) is 1.63. The van der Waals surface area contributed by atoms with Crippen LogP contribution in [0.3, 0.4) is 0 Å².